The van der Waals surface area contributed by atoms with Crippen LogP contribution in [0.1, 0.15) is 37.3 Å². The Balaban J connectivity index is 1.58. The number of hydrogen-bond acceptors (Lipinski definition) is 5. The van der Waals surface area contributed by atoms with Gasteiger partial charge in [-0.25, -0.2) is 4.98 Å². The van der Waals surface area contributed by atoms with Crippen molar-refractivity contribution >= 4 is 22.6 Å². The molecular weight excluding hydrogens is 394 g/mol. The molecule has 1 amide bonds. The van der Waals surface area contributed by atoms with Crippen LogP contribution in [0.15, 0.2) is 35.4 Å². The number of hydrogen-bond donors (Lipinski definition) is 3. The van der Waals surface area contributed by atoms with Gasteiger partial charge in [0.05, 0.1) is 29.4 Å². The van der Waals surface area contributed by atoms with Crippen molar-refractivity contribution in [2.75, 3.05) is 25.6 Å². The monoisotopic (exact) mass is 421 g/mol. The molecule has 1 unspecified atom stereocenters. The first-order valence-corrected chi connectivity index (χ1v) is 10.9. The number of nitrogens with one attached hydrogen (secondary N) is 3. The lowest BCUT2D eigenvalue weighted by Gasteiger charge is -2.24. The van der Waals surface area contributed by atoms with Gasteiger partial charge in [0.25, 0.3) is 5.56 Å². The molecule has 0 spiro atoms. The summed E-state index contributed by atoms with van der Waals surface area (Å²) in [5.74, 6) is 0.600. The molecule has 162 valence electrons. The third-order valence-corrected chi connectivity index (χ3v) is 6.10. The summed E-state index contributed by atoms with van der Waals surface area (Å²) in [5.41, 5.74) is 3.02. The summed E-state index contributed by atoms with van der Waals surface area (Å²) < 4.78 is 7.36. The molecule has 1 aliphatic carbocycles. The first-order valence-electron chi connectivity index (χ1n) is 10.9. The fourth-order valence-electron chi connectivity index (χ4n) is 4.25. The Kier molecular flexibility index (Phi) is 5.33. The molecule has 0 aromatic carbocycles. The van der Waals surface area contributed by atoms with E-state index in [2.05, 4.69) is 20.6 Å². The molecular formula is C23H27N5O3. The topological polar surface area (TPSA) is 101 Å². The number of nitrogens with zero attached hydrogens (tertiary/aromatic N) is 2. The standard InChI is InChI=1S/C23H27N5O3/c1-24-11-15-12-25-21(27-22(29)14-6-7-14)20-18(15)10-19(26-20)17-5-2-8-28(23(17)30)16-4-3-9-31-13-16/h2,5,8,10,12,14,16,24,26H,3-4,6-7,9,11,13H2,1H3,(H,25,27,29). The molecule has 0 radical (unpaired) electrons. The predicted octanol–water partition coefficient (Wildman–Crippen LogP) is 2.81. The number of pyridine rings is 2. The van der Waals surface area contributed by atoms with Gasteiger partial charge in [0.1, 0.15) is 0 Å². The number of H-pyrrole nitrogens is 1. The van der Waals surface area contributed by atoms with Gasteiger partial charge in [-0.15, -0.1) is 0 Å². The maximum absolute atomic E-state index is 13.3. The van der Waals surface area contributed by atoms with Crippen LogP contribution in [0.4, 0.5) is 5.82 Å². The smallest absolute Gasteiger partial charge is 0.260 e. The highest BCUT2D eigenvalue weighted by molar-refractivity contribution is 6.02. The average molecular weight is 422 g/mol. The highest BCUT2D eigenvalue weighted by Crippen LogP contribution is 2.33. The van der Waals surface area contributed by atoms with E-state index in [9.17, 15) is 9.59 Å². The molecule has 8 nitrogen and oxygen atoms in total. The van der Waals surface area contributed by atoms with E-state index in [1.807, 2.05) is 31.4 Å². The molecule has 2 aliphatic rings. The van der Waals surface area contributed by atoms with E-state index < -0.39 is 0 Å². The minimum atomic E-state index is -0.0451. The van der Waals surface area contributed by atoms with Crippen molar-refractivity contribution < 1.29 is 9.53 Å². The van der Waals surface area contributed by atoms with Gasteiger partial charge in [0, 0.05) is 36.8 Å². The van der Waals surface area contributed by atoms with Gasteiger partial charge in [0.15, 0.2) is 5.82 Å². The maximum Gasteiger partial charge on any atom is 0.260 e. The number of fused-ring (bicyclic) bond motifs is 1. The van der Waals surface area contributed by atoms with E-state index in [0.29, 0.717) is 24.5 Å². The molecule has 1 saturated heterocycles. The van der Waals surface area contributed by atoms with Gasteiger partial charge in [-0.2, -0.15) is 0 Å². The van der Waals surface area contributed by atoms with Crippen LogP contribution in [0.5, 0.6) is 0 Å². The van der Waals surface area contributed by atoms with Crippen molar-refractivity contribution in [2.24, 2.45) is 5.92 Å². The molecule has 3 aromatic rings. The molecule has 1 aliphatic heterocycles. The van der Waals surface area contributed by atoms with Crippen LogP contribution in [0, 0.1) is 5.92 Å². The van der Waals surface area contributed by atoms with Crippen molar-refractivity contribution in [3.05, 3.63) is 46.5 Å². The van der Waals surface area contributed by atoms with Gasteiger partial charge in [-0.05, 0) is 56.5 Å². The molecule has 1 saturated carbocycles. The van der Waals surface area contributed by atoms with Gasteiger partial charge in [-0.1, -0.05) is 0 Å². The zero-order valence-corrected chi connectivity index (χ0v) is 17.6. The molecule has 3 aromatic heterocycles. The lowest BCUT2D eigenvalue weighted by molar-refractivity contribution is -0.117. The van der Waals surface area contributed by atoms with Crippen molar-refractivity contribution in [3.63, 3.8) is 0 Å². The minimum Gasteiger partial charge on any atom is -0.379 e. The summed E-state index contributed by atoms with van der Waals surface area (Å²) in [6.45, 7) is 1.95. The highest BCUT2D eigenvalue weighted by atomic mass is 16.5. The molecule has 8 heteroatoms. The van der Waals surface area contributed by atoms with Crippen LogP contribution in [-0.4, -0.2) is 40.7 Å². The molecule has 4 heterocycles. The molecule has 3 N–H and O–H groups in total. The first-order chi connectivity index (χ1) is 15.2. The Morgan fingerprint density at radius 1 is 1.35 bits per heavy atom. The van der Waals surface area contributed by atoms with Crippen LogP contribution < -0.4 is 16.2 Å². The first kappa shape index (κ1) is 20.0. The maximum atomic E-state index is 13.3. The molecule has 5 rings (SSSR count). The fourth-order valence-corrected chi connectivity index (χ4v) is 4.25. The Morgan fingerprint density at radius 2 is 2.23 bits per heavy atom. The summed E-state index contributed by atoms with van der Waals surface area (Å²) in [5, 5.41) is 7.06. The van der Waals surface area contributed by atoms with Crippen LogP contribution >= 0.6 is 0 Å². The average Bonchev–Trinajstić information content (AvgIpc) is 3.55. The van der Waals surface area contributed by atoms with Gasteiger partial charge >= 0.3 is 0 Å². The Hall–Kier alpha value is -2.97. The summed E-state index contributed by atoms with van der Waals surface area (Å²) in [6.07, 6.45) is 7.36. The number of rotatable bonds is 6. The Bertz CT molecular complexity index is 1170. The molecule has 1 atom stereocenters. The van der Waals surface area contributed by atoms with Crippen LogP contribution in [0.3, 0.4) is 0 Å². The van der Waals surface area contributed by atoms with Gasteiger partial charge < -0.3 is 24.9 Å². The summed E-state index contributed by atoms with van der Waals surface area (Å²) in [6, 6.07) is 5.77. The minimum absolute atomic E-state index is 0.00526. The quantitative estimate of drug-likeness (QED) is 0.568. The SMILES string of the molecule is CNCc1cnc(NC(=O)C2CC2)c2[nH]c(-c3cccn(C4CCCOC4)c3=O)cc12. The predicted molar refractivity (Wildman–Crippen MR) is 119 cm³/mol. The van der Waals surface area contributed by atoms with Crippen molar-refractivity contribution in [3.8, 4) is 11.3 Å². The second-order valence-electron chi connectivity index (χ2n) is 8.40. The molecule has 31 heavy (non-hydrogen) atoms. The Labute approximate surface area is 180 Å². The molecule has 2 fully saturated rings. The van der Waals surface area contributed by atoms with Crippen molar-refractivity contribution in [1.82, 2.24) is 19.9 Å². The van der Waals surface area contributed by atoms with Crippen LogP contribution in [0.25, 0.3) is 22.2 Å². The lowest BCUT2D eigenvalue weighted by atomic mass is 10.1. The number of carbonyl (C=O) groups excluding carboxylic acids is 1. The van der Waals surface area contributed by atoms with Crippen molar-refractivity contribution in [1.29, 1.82) is 0 Å². The number of ether oxygens (including phenoxy) is 1. The van der Waals surface area contributed by atoms with E-state index in [1.165, 1.54) is 0 Å². The number of amides is 1. The number of aromatic amines is 1. The van der Waals surface area contributed by atoms with Crippen molar-refractivity contribution in [2.45, 2.75) is 38.3 Å². The third-order valence-electron chi connectivity index (χ3n) is 6.10. The summed E-state index contributed by atoms with van der Waals surface area (Å²) >= 11 is 0. The summed E-state index contributed by atoms with van der Waals surface area (Å²) in [4.78, 5) is 33.5. The van der Waals surface area contributed by atoms with E-state index in [4.69, 9.17) is 4.74 Å². The summed E-state index contributed by atoms with van der Waals surface area (Å²) in [7, 11) is 1.88. The fraction of sp³-hybridized carbons (Fsp3) is 0.435. The zero-order valence-electron chi connectivity index (χ0n) is 17.6. The highest BCUT2D eigenvalue weighted by Gasteiger charge is 2.30. The lowest BCUT2D eigenvalue weighted by Crippen LogP contribution is -2.30. The van der Waals surface area contributed by atoms with Gasteiger partial charge in [0.2, 0.25) is 5.91 Å². The number of carbonyl (C=O) groups is 1. The van der Waals surface area contributed by atoms with E-state index in [1.54, 1.807) is 10.8 Å². The second-order valence-corrected chi connectivity index (χ2v) is 8.40. The molecule has 0 bridgehead atoms. The normalized spacial score (nSPS) is 18.9. The van der Waals surface area contributed by atoms with Gasteiger partial charge in [-0.3, -0.25) is 9.59 Å². The zero-order chi connectivity index (χ0) is 21.4. The third kappa shape index (κ3) is 3.88. The van der Waals surface area contributed by atoms with E-state index in [-0.39, 0.29) is 23.4 Å². The number of aromatic nitrogens is 3. The second kappa shape index (κ2) is 8.28. The van der Waals surface area contributed by atoms with E-state index >= 15 is 0 Å². The largest absolute Gasteiger partial charge is 0.379 e. The van der Waals surface area contributed by atoms with E-state index in [0.717, 1.165) is 54.5 Å². The van der Waals surface area contributed by atoms with Crippen LogP contribution in [-0.2, 0) is 16.1 Å². The Morgan fingerprint density at radius 3 is 2.97 bits per heavy atom. The number of anilines is 1. The van der Waals surface area contributed by atoms with Crippen LogP contribution in [0.2, 0.25) is 0 Å².